The summed E-state index contributed by atoms with van der Waals surface area (Å²) >= 11 is 1.16. The highest BCUT2D eigenvalue weighted by molar-refractivity contribution is 8.00. The molecule has 1 aromatic carbocycles. The molecule has 0 spiro atoms. The summed E-state index contributed by atoms with van der Waals surface area (Å²) in [5.74, 6) is -0.177. The first-order chi connectivity index (χ1) is 11.9. The molecule has 0 unspecified atom stereocenters. The normalized spacial score (nSPS) is 11.6. The molecular formula is C18H20N4O2S. The molecule has 1 heterocycles. The lowest BCUT2D eigenvalue weighted by Crippen LogP contribution is -2.24. The summed E-state index contributed by atoms with van der Waals surface area (Å²) in [6.07, 6.45) is 0.476. The van der Waals surface area contributed by atoms with Crippen LogP contribution in [0.1, 0.15) is 36.2 Å². The molecule has 2 aromatic rings. The van der Waals surface area contributed by atoms with E-state index in [0.717, 1.165) is 28.6 Å². The summed E-state index contributed by atoms with van der Waals surface area (Å²) in [6.45, 7) is 7.51. The number of H-pyrrole nitrogens is 1. The smallest absolute Gasteiger partial charge is 0.269 e. The Kier molecular flexibility index (Phi) is 5.99. The summed E-state index contributed by atoms with van der Waals surface area (Å²) in [4.78, 5) is 31.2. The number of aromatic amines is 1. The fourth-order valence-electron chi connectivity index (χ4n) is 2.27. The molecule has 7 heteroatoms. The number of hydrogen-bond acceptors (Lipinski definition) is 5. The largest absolute Gasteiger partial charge is 0.325 e. The molecule has 0 fully saturated rings. The van der Waals surface area contributed by atoms with E-state index < -0.39 is 10.8 Å². The van der Waals surface area contributed by atoms with Crippen LogP contribution in [0, 0.1) is 25.2 Å². The van der Waals surface area contributed by atoms with E-state index in [4.69, 9.17) is 5.26 Å². The maximum Gasteiger partial charge on any atom is 0.269 e. The molecule has 130 valence electrons. The van der Waals surface area contributed by atoms with E-state index in [0.29, 0.717) is 17.3 Å². The van der Waals surface area contributed by atoms with Gasteiger partial charge in [0.1, 0.15) is 11.6 Å². The van der Waals surface area contributed by atoms with Gasteiger partial charge in [-0.25, -0.2) is 4.98 Å². The van der Waals surface area contributed by atoms with Crippen LogP contribution < -0.4 is 10.9 Å². The van der Waals surface area contributed by atoms with Gasteiger partial charge in [0.25, 0.3) is 5.56 Å². The Morgan fingerprint density at radius 2 is 2.16 bits per heavy atom. The highest BCUT2D eigenvalue weighted by Crippen LogP contribution is 2.23. The fourth-order valence-corrected chi connectivity index (χ4v) is 3.08. The molecule has 2 rings (SSSR count). The molecule has 25 heavy (non-hydrogen) atoms. The summed E-state index contributed by atoms with van der Waals surface area (Å²) in [5.41, 5.74) is 2.89. The van der Waals surface area contributed by atoms with Crippen molar-refractivity contribution in [3.8, 4) is 6.07 Å². The number of carbonyl (C=O) groups excluding carboxylic acids is 1. The average molecular weight is 356 g/mol. The fraction of sp³-hybridized carbons (Fsp3) is 0.333. The third-order valence-electron chi connectivity index (χ3n) is 3.94. The van der Waals surface area contributed by atoms with Gasteiger partial charge in [-0.3, -0.25) is 9.59 Å². The highest BCUT2D eigenvalue weighted by atomic mass is 32.2. The lowest BCUT2D eigenvalue weighted by Gasteiger charge is -2.14. The van der Waals surface area contributed by atoms with E-state index in [1.165, 1.54) is 0 Å². The number of amides is 1. The Labute approximate surface area is 150 Å². The van der Waals surface area contributed by atoms with Crippen molar-refractivity contribution in [2.45, 2.75) is 44.5 Å². The van der Waals surface area contributed by atoms with Crippen LogP contribution in [0.15, 0.2) is 28.2 Å². The minimum atomic E-state index is -0.473. The topological polar surface area (TPSA) is 98.6 Å². The zero-order valence-electron chi connectivity index (χ0n) is 14.6. The number of thioether (sulfide) groups is 1. The Morgan fingerprint density at radius 1 is 1.44 bits per heavy atom. The number of nitriles is 1. The number of carbonyl (C=O) groups is 1. The number of nitrogens with zero attached hydrogens (tertiary/aromatic N) is 2. The number of rotatable bonds is 5. The van der Waals surface area contributed by atoms with Crippen molar-refractivity contribution in [1.82, 2.24) is 9.97 Å². The van der Waals surface area contributed by atoms with Gasteiger partial charge < -0.3 is 10.3 Å². The van der Waals surface area contributed by atoms with Crippen molar-refractivity contribution < 1.29 is 4.79 Å². The first-order valence-electron chi connectivity index (χ1n) is 7.94. The van der Waals surface area contributed by atoms with Gasteiger partial charge in [0.2, 0.25) is 5.91 Å². The van der Waals surface area contributed by atoms with Gasteiger partial charge in [0.15, 0.2) is 5.16 Å². The number of aromatic nitrogens is 2. The summed E-state index contributed by atoms with van der Waals surface area (Å²) < 4.78 is 0. The Hall–Kier alpha value is -2.59. The SMILES string of the molecule is CCc1nc(S[C@H](C)C(=O)Nc2cccc(C)c2C)[nH]c(=O)c1C#N. The van der Waals surface area contributed by atoms with Crippen molar-refractivity contribution in [2.75, 3.05) is 5.32 Å². The van der Waals surface area contributed by atoms with Gasteiger partial charge in [-0.1, -0.05) is 30.8 Å². The molecule has 0 saturated heterocycles. The Balaban J connectivity index is 2.17. The number of hydrogen-bond donors (Lipinski definition) is 2. The van der Waals surface area contributed by atoms with E-state index in [2.05, 4.69) is 15.3 Å². The van der Waals surface area contributed by atoms with Crippen LogP contribution in [0.5, 0.6) is 0 Å². The van der Waals surface area contributed by atoms with E-state index in [9.17, 15) is 9.59 Å². The second-order valence-electron chi connectivity index (χ2n) is 5.65. The quantitative estimate of drug-likeness (QED) is 0.634. The average Bonchev–Trinajstić information content (AvgIpc) is 2.58. The maximum atomic E-state index is 12.4. The van der Waals surface area contributed by atoms with Crippen LogP contribution in [-0.2, 0) is 11.2 Å². The van der Waals surface area contributed by atoms with Crippen molar-refractivity contribution in [3.05, 3.63) is 50.9 Å². The molecule has 0 aliphatic carbocycles. The molecule has 0 bridgehead atoms. The molecule has 1 amide bonds. The second kappa shape index (κ2) is 7.99. The highest BCUT2D eigenvalue weighted by Gasteiger charge is 2.18. The number of benzene rings is 1. The molecule has 0 aliphatic heterocycles. The van der Waals surface area contributed by atoms with E-state index in [1.54, 1.807) is 6.92 Å². The summed E-state index contributed by atoms with van der Waals surface area (Å²) in [5, 5.41) is 11.8. The molecule has 0 saturated carbocycles. The molecule has 1 aromatic heterocycles. The molecule has 0 aliphatic rings. The van der Waals surface area contributed by atoms with Crippen molar-refractivity contribution in [3.63, 3.8) is 0 Å². The van der Waals surface area contributed by atoms with Crippen LogP contribution in [0.3, 0.4) is 0 Å². The minimum Gasteiger partial charge on any atom is -0.325 e. The standard InChI is InChI=1S/C18H20N4O2S/c1-5-14-13(9-19)17(24)22-18(21-14)25-12(4)16(23)20-15-8-6-7-10(2)11(15)3/h6-8,12H,5H2,1-4H3,(H,20,23)(H,21,22,24)/t12-/m1/s1. The first kappa shape index (κ1) is 18.7. The van der Waals surface area contributed by atoms with Gasteiger partial charge in [0.05, 0.1) is 10.9 Å². The molecule has 6 nitrogen and oxygen atoms in total. The van der Waals surface area contributed by atoms with Crippen molar-refractivity contribution in [1.29, 1.82) is 5.26 Å². The van der Waals surface area contributed by atoms with E-state index >= 15 is 0 Å². The van der Waals surface area contributed by atoms with Crippen LogP contribution in [0.4, 0.5) is 5.69 Å². The predicted octanol–water partition coefficient (Wildman–Crippen LogP) is 2.94. The molecule has 1 atom stereocenters. The maximum absolute atomic E-state index is 12.4. The van der Waals surface area contributed by atoms with Crippen molar-refractivity contribution in [2.24, 2.45) is 0 Å². The van der Waals surface area contributed by atoms with Crippen LogP contribution >= 0.6 is 11.8 Å². The van der Waals surface area contributed by atoms with Crippen LogP contribution in [0.25, 0.3) is 0 Å². The predicted molar refractivity (Wildman–Crippen MR) is 98.8 cm³/mol. The van der Waals surface area contributed by atoms with Gasteiger partial charge in [0, 0.05) is 5.69 Å². The first-order valence-corrected chi connectivity index (χ1v) is 8.82. The van der Waals surface area contributed by atoms with Crippen molar-refractivity contribution >= 4 is 23.4 Å². The lowest BCUT2D eigenvalue weighted by atomic mass is 10.1. The molecule has 2 N–H and O–H groups in total. The van der Waals surface area contributed by atoms with Crippen LogP contribution in [-0.4, -0.2) is 21.1 Å². The zero-order valence-corrected chi connectivity index (χ0v) is 15.5. The number of nitrogens with one attached hydrogen (secondary N) is 2. The van der Waals surface area contributed by atoms with Gasteiger partial charge in [-0.2, -0.15) is 5.26 Å². The van der Waals surface area contributed by atoms with E-state index in [1.807, 2.05) is 45.0 Å². The monoisotopic (exact) mass is 356 g/mol. The number of aryl methyl sites for hydroxylation is 2. The third-order valence-corrected chi connectivity index (χ3v) is 4.92. The molecule has 0 radical (unpaired) electrons. The number of anilines is 1. The zero-order chi connectivity index (χ0) is 18.6. The Morgan fingerprint density at radius 3 is 2.80 bits per heavy atom. The third kappa shape index (κ3) is 4.28. The lowest BCUT2D eigenvalue weighted by molar-refractivity contribution is -0.115. The minimum absolute atomic E-state index is 0.0272. The van der Waals surface area contributed by atoms with Gasteiger partial charge >= 0.3 is 0 Å². The van der Waals surface area contributed by atoms with Crippen LogP contribution in [0.2, 0.25) is 0 Å². The van der Waals surface area contributed by atoms with E-state index in [-0.39, 0.29) is 11.5 Å². The van der Waals surface area contributed by atoms with Gasteiger partial charge in [-0.15, -0.1) is 0 Å². The molecular weight excluding hydrogens is 336 g/mol. The Bertz CT molecular complexity index is 899. The summed E-state index contributed by atoms with van der Waals surface area (Å²) in [6, 6.07) is 7.60. The van der Waals surface area contributed by atoms with Gasteiger partial charge in [-0.05, 0) is 44.4 Å². The summed E-state index contributed by atoms with van der Waals surface area (Å²) in [7, 11) is 0. The second-order valence-corrected chi connectivity index (χ2v) is 6.98.